The predicted octanol–water partition coefficient (Wildman–Crippen LogP) is -2.12. The van der Waals surface area contributed by atoms with Crippen molar-refractivity contribution in [1.29, 1.82) is 0 Å². The van der Waals surface area contributed by atoms with Crippen LogP contribution in [0.5, 0.6) is 5.75 Å². The van der Waals surface area contributed by atoms with Gasteiger partial charge in [0.05, 0.1) is 18.9 Å². The van der Waals surface area contributed by atoms with E-state index in [9.17, 15) is 19.8 Å². The molecule has 0 spiro atoms. The molecule has 1 fully saturated rings. The minimum absolute atomic E-state index is 0.0939. The fraction of sp³-hybridized carbons (Fsp3) is 0.556. The largest absolute Gasteiger partial charge is 0.502 e. The fourth-order valence-electron chi connectivity index (χ4n) is 1.74. The molecule has 94 valence electrons. The average molecular weight is 244 g/mol. The normalized spacial score (nSPS) is 28.5. The quantitative estimate of drug-likeness (QED) is 0.471. The van der Waals surface area contributed by atoms with Gasteiger partial charge in [0, 0.05) is 6.42 Å². The number of aromatic amines is 1. The third kappa shape index (κ3) is 2.09. The van der Waals surface area contributed by atoms with E-state index in [0.29, 0.717) is 0 Å². The molecule has 1 aromatic rings. The van der Waals surface area contributed by atoms with E-state index in [1.54, 1.807) is 0 Å². The Morgan fingerprint density at radius 2 is 2.24 bits per heavy atom. The monoisotopic (exact) mass is 244 g/mol. The van der Waals surface area contributed by atoms with Gasteiger partial charge in [-0.2, -0.15) is 0 Å². The average Bonchev–Trinajstić information content (AvgIpc) is 2.65. The molecule has 0 amide bonds. The molecule has 1 aromatic heterocycles. The second-order valence-corrected chi connectivity index (χ2v) is 3.80. The number of hydrogen-bond donors (Lipinski definition) is 4. The van der Waals surface area contributed by atoms with Crippen LogP contribution in [0, 0.1) is 0 Å². The van der Waals surface area contributed by atoms with Gasteiger partial charge in [-0.3, -0.25) is 14.3 Å². The van der Waals surface area contributed by atoms with Crippen molar-refractivity contribution in [2.75, 3.05) is 6.61 Å². The van der Waals surface area contributed by atoms with Crippen LogP contribution in [0.25, 0.3) is 0 Å². The Bertz CT molecular complexity index is 521. The second-order valence-electron chi connectivity index (χ2n) is 3.80. The van der Waals surface area contributed by atoms with Crippen molar-refractivity contribution in [2.45, 2.75) is 24.9 Å². The van der Waals surface area contributed by atoms with Gasteiger partial charge in [0.15, 0.2) is 5.75 Å². The van der Waals surface area contributed by atoms with Gasteiger partial charge in [-0.15, -0.1) is 0 Å². The third-order valence-electron chi connectivity index (χ3n) is 2.64. The van der Waals surface area contributed by atoms with Crippen molar-refractivity contribution in [3.63, 3.8) is 0 Å². The molecule has 8 nitrogen and oxygen atoms in total. The summed E-state index contributed by atoms with van der Waals surface area (Å²) < 4.78 is 6.18. The minimum Gasteiger partial charge on any atom is -0.502 e. The van der Waals surface area contributed by atoms with Crippen LogP contribution < -0.4 is 11.2 Å². The summed E-state index contributed by atoms with van der Waals surface area (Å²) >= 11 is 0. The zero-order chi connectivity index (χ0) is 12.6. The number of nitrogens with zero attached hydrogens (tertiary/aromatic N) is 1. The highest BCUT2D eigenvalue weighted by molar-refractivity contribution is 5.09. The van der Waals surface area contributed by atoms with Crippen LogP contribution in [0.3, 0.4) is 0 Å². The molecule has 0 bridgehead atoms. The number of ether oxygens (including phenoxy) is 1. The Morgan fingerprint density at radius 3 is 2.82 bits per heavy atom. The number of aliphatic hydroxyl groups excluding tert-OH is 2. The lowest BCUT2D eigenvalue weighted by Gasteiger charge is -2.14. The first kappa shape index (κ1) is 11.8. The van der Waals surface area contributed by atoms with Crippen LogP contribution in [0.2, 0.25) is 0 Å². The standard InChI is InChI=1S/C9H12N2O6/c12-3-6-4(13)1-7(17-6)11-2-5(14)8(15)10-9(11)16/h2,4,6-7,12-14H,1,3H2,(H,10,15,16)/t4?,6-,7-/m0/s1. The summed E-state index contributed by atoms with van der Waals surface area (Å²) in [4.78, 5) is 24.3. The minimum atomic E-state index is -0.897. The zero-order valence-corrected chi connectivity index (χ0v) is 8.74. The molecule has 0 saturated carbocycles. The van der Waals surface area contributed by atoms with E-state index in [4.69, 9.17) is 9.84 Å². The SMILES string of the molecule is O=c1[nH]c(=O)n([C@@H]2CC(O)[C@H](CO)O2)cc1O. The van der Waals surface area contributed by atoms with E-state index in [0.717, 1.165) is 10.8 Å². The smallest absolute Gasteiger partial charge is 0.330 e. The van der Waals surface area contributed by atoms with Gasteiger partial charge in [-0.1, -0.05) is 0 Å². The summed E-state index contributed by atoms with van der Waals surface area (Å²) in [7, 11) is 0. The van der Waals surface area contributed by atoms with Crippen LogP contribution in [-0.2, 0) is 4.74 Å². The van der Waals surface area contributed by atoms with Gasteiger partial charge in [-0.05, 0) is 0 Å². The van der Waals surface area contributed by atoms with Crippen molar-refractivity contribution in [3.05, 3.63) is 27.0 Å². The Labute approximate surface area is 94.7 Å². The summed E-state index contributed by atoms with van der Waals surface area (Å²) in [5, 5.41) is 27.6. The van der Waals surface area contributed by atoms with Gasteiger partial charge in [0.25, 0.3) is 5.56 Å². The molecular weight excluding hydrogens is 232 g/mol. The van der Waals surface area contributed by atoms with Crippen molar-refractivity contribution >= 4 is 0 Å². The van der Waals surface area contributed by atoms with Crippen LogP contribution in [0.1, 0.15) is 12.6 Å². The number of aromatic nitrogens is 2. The summed E-state index contributed by atoms with van der Waals surface area (Å²) in [6, 6.07) is 0. The lowest BCUT2D eigenvalue weighted by molar-refractivity contribution is -0.0460. The molecule has 3 atom stereocenters. The summed E-state index contributed by atoms with van der Waals surface area (Å²) in [6.07, 6.45) is -1.46. The predicted molar refractivity (Wildman–Crippen MR) is 54.6 cm³/mol. The number of aliphatic hydroxyl groups is 2. The summed E-state index contributed by atoms with van der Waals surface area (Å²) in [5.41, 5.74) is -1.63. The van der Waals surface area contributed by atoms with E-state index in [1.165, 1.54) is 0 Å². The van der Waals surface area contributed by atoms with Gasteiger partial charge in [0.2, 0.25) is 0 Å². The first-order valence-corrected chi connectivity index (χ1v) is 5.01. The number of nitrogens with one attached hydrogen (secondary N) is 1. The molecule has 1 aliphatic rings. The molecule has 8 heteroatoms. The molecule has 2 heterocycles. The second kappa shape index (κ2) is 4.32. The molecule has 1 saturated heterocycles. The molecule has 0 aliphatic carbocycles. The molecule has 2 rings (SSSR count). The molecule has 17 heavy (non-hydrogen) atoms. The molecule has 1 aliphatic heterocycles. The van der Waals surface area contributed by atoms with Crippen LogP contribution >= 0.6 is 0 Å². The Kier molecular flexibility index (Phi) is 3.01. The van der Waals surface area contributed by atoms with E-state index in [2.05, 4.69) is 0 Å². The van der Waals surface area contributed by atoms with Crippen LogP contribution in [0.4, 0.5) is 0 Å². The van der Waals surface area contributed by atoms with E-state index in [1.807, 2.05) is 4.98 Å². The maximum atomic E-state index is 11.5. The Hall–Kier alpha value is -1.64. The lowest BCUT2D eigenvalue weighted by Crippen LogP contribution is -2.32. The number of H-pyrrole nitrogens is 1. The first-order chi connectivity index (χ1) is 8.02. The van der Waals surface area contributed by atoms with Crippen LogP contribution in [-0.4, -0.2) is 43.7 Å². The highest BCUT2D eigenvalue weighted by atomic mass is 16.5. The summed E-state index contributed by atoms with van der Waals surface area (Å²) in [6.45, 7) is -0.373. The number of rotatable bonds is 2. The van der Waals surface area contributed by atoms with Crippen molar-refractivity contribution in [3.8, 4) is 5.75 Å². The third-order valence-corrected chi connectivity index (χ3v) is 2.64. The first-order valence-electron chi connectivity index (χ1n) is 5.01. The van der Waals surface area contributed by atoms with Crippen LogP contribution in [0.15, 0.2) is 15.8 Å². The zero-order valence-electron chi connectivity index (χ0n) is 8.74. The van der Waals surface area contributed by atoms with Gasteiger partial charge >= 0.3 is 5.69 Å². The fourth-order valence-corrected chi connectivity index (χ4v) is 1.74. The maximum absolute atomic E-state index is 11.5. The lowest BCUT2D eigenvalue weighted by atomic mass is 10.2. The highest BCUT2D eigenvalue weighted by Crippen LogP contribution is 2.27. The Balaban J connectivity index is 2.34. The topological polar surface area (TPSA) is 125 Å². The van der Waals surface area contributed by atoms with Gasteiger partial charge in [-0.25, -0.2) is 4.79 Å². The molecule has 1 unspecified atom stereocenters. The van der Waals surface area contributed by atoms with Crippen molar-refractivity contribution < 1.29 is 20.1 Å². The van der Waals surface area contributed by atoms with Gasteiger partial charge < -0.3 is 20.1 Å². The number of aromatic hydroxyl groups is 1. The molecule has 0 radical (unpaired) electrons. The highest BCUT2D eigenvalue weighted by Gasteiger charge is 2.35. The van der Waals surface area contributed by atoms with E-state index < -0.39 is 35.4 Å². The molecular formula is C9H12N2O6. The van der Waals surface area contributed by atoms with E-state index in [-0.39, 0.29) is 13.0 Å². The maximum Gasteiger partial charge on any atom is 0.330 e. The molecule has 4 N–H and O–H groups in total. The van der Waals surface area contributed by atoms with Gasteiger partial charge in [0.1, 0.15) is 12.3 Å². The molecule has 0 aromatic carbocycles. The van der Waals surface area contributed by atoms with Crippen molar-refractivity contribution in [1.82, 2.24) is 9.55 Å². The number of hydrogen-bond acceptors (Lipinski definition) is 6. The Morgan fingerprint density at radius 1 is 1.53 bits per heavy atom. The van der Waals surface area contributed by atoms with Crippen molar-refractivity contribution in [2.24, 2.45) is 0 Å². The summed E-state index contributed by atoms with van der Waals surface area (Å²) in [5.74, 6) is -0.616. The van der Waals surface area contributed by atoms with E-state index >= 15 is 0 Å².